The molecule has 0 amide bonds. The molecule has 5 nitrogen and oxygen atoms in total. The number of aliphatic hydroxyl groups is 1. The van der Waals surface area contributed by atoms with E-state index in [1.54, 1.807) is 0 Å². The van der Waals surface area contributed by atoms with Gasteiger partial charge in [-0.15, -0.1) is 0 Å². The molecule has 0 radical (unpaired) electrons. The van der Waals surface area contributed by atoms with Crippen molar-refractivity contribution in [2.45, 2.75) is 277 Å². The highest BCUT2D eigenvalue weighted by Crippen LogP contribution is 2.16. The Hall–Kier alpha value is -2.66. The Morgan fingerprint density at radius 3 is 1.02 bits per heavy atom. The minimum Gasteiger partial charge on any atom is -0.462 e. The molecule has 0 aliphatic carbocycles. The van der Waals surface area contributed by atoms with Crippen LogP contribution in [0.3, 0.4) is 0 Å². The number of unbranched alkanes of at least 4 members (excludes halogenated alkanes) is 30. The molecule has 0 saturated heterocycles. The van der Waals surface area contributed by atoms with Crippen LogP contribution in [0.5, 0.6) is 0 Å². The highest BCUT2D eigenvalue weighted by atomic mass is 16.6. The molecule has 370 valence electrons. The van der Waals surface area contributed by atoms with Crippen LogP contribution in [0.2, 0.25) is 0 Å². The van der Waals surface area contributed by atoms with Crippen LogP contribution in [0.25, 0.3) is 0 Å². The Kier molecular flexibility index (Phi) is 52.4. The van der Waals surface area contributed by atoms with E-state index >= 15 is 0 Å². The molecule has 0 aromatic heterocycles. The highest BCUT2D eigenvalue weighted by molar-refractivity contribution is 5.70. The molecule has 0 rings (SSSR count). The summed E-state index contributed by atoms with van der Waals surface area (Å²) in [4.78, 5) is 24.4. The van der Waals surface area contributed by atoms with E-state index in [4.69, 9.17) is 9.47 Å². The second-order valence-electron chi connectivity index (χ2n) is 18.3. The van der Waals surface area contributed by atoms with E-state index in [9.17, 15) is 14.7 Å². The van der Waals surface area contributed by atoms with Gasteiger partial charge in [-0.05, 0) is 64.2 Å². The fourth-order valence-electron chi connectivity index (χ4n) is 7.91. The Labute approximate surface area is 397 Å². The third-order valence-electron chi connectivity index (χ3n) is 12.0. The molecular weight excluding hydrogens is 789 g/mol. The molecule has 0 aliphatic rings. The van der Waals surface area contributed by atoms with Crippen molar-refractivity contribution in [1.82, 2.24) is 0 Å². The second kappa shape index (κ2) is 54.7. The first-order valence-corrected chi connectivity index (χ1v) is 27.5. The van der Waals surface area contributed by atoms with Crippen LogP contribution < -0.4 is 0 Å². The maximum absolute atomic E-state index is 12.3. The van der Waals surface area contributed by atoms with Gasteiger partial charge in [0.2, 0.25) is 0 Å². The summed E-state index contributed by atoms with van der Waals surface area (Å²) in [5, 5.41) is 9.62. The number of allylic oxidation sites excluding steroid dienone is 12. The Morgan fingerprint density at radius 1 is 0.375 bits per heavy atom. The van der Waals surface area contributed by atoms with Crippen LogP contribution in [-0.4, -0.2) is 36.4 Å². The smallest absolute Gasteiger partial charge is 0.306 e. The summed E-state index contributed by atoms with van der Waals surface area (Å²) in [6, 6.07) is 0. The Balaban J connectivity index is 3.44. The predicted molar refractivity (Wildman–Crippen MR) is 279 cm³/mol. The lowest BCUT2D eigenvalue weighted by Gasteiger charge is -2.15. The van der Waals surface area contributed by atoms with Gasteiger partial charge in [0.05, 0.1) is 6.61 Å². The van der Waals surface area contributed by atoms with Gasteiger partial charge < -0.3 is 14.6 Å². The molecule has 0 heterocycles. The maximum Gasteiger partial charge on any atom is 0.306 e. The molecule has 1 N–H and O–H groups in total. The molecule has 0 aliphatic heterocycles. The average molecular weight is 893 g/mol. The molecule has 0 saturated carbocycles. The predicted octanol–water partition coefficient (Wildman–Crippen LogP) is 18.4. The summed E-state index contributed by atoms with van der Waals surface area (Å²) >= 11 is 0. The topological polar surface area (TPSA) is 72.8 Å². The van der Waals surface area contributed by atoms with E-state index in [-0.39, 0.29) is 25.2 Å². The van der Waals surface area contributed by atoms with Crippen LogP contribution in [0, 0.1) is 0 Å². The van der Waals surface area contributed by atoms with Gasteiger partial charge >= 0.3 is 11.9 Å². The number of hydrogen-bond donors (Lipinski definition) is 1. The minimum absolute atomic E-state index is 0.0622. The molecule has 0 bridgehead atoms. The van der Waals surface area contributed by atoms with Crippen molar-refractivity contribution in [2.24, 2.45) is 0 Å². The highest BCUT2D eigenvalue weighted by Gasteiger charge is 2.16. The van der Waals surface area contributed by atoms with E-state index in [1.165, 1.54) is 167 Å². The van der Waals surface area contributed by atoms with Crippen molar-refractivity contribution in [3.05, 3.63) is 72.9 Å². The zero-order chi connectivity index (χ0) is 46.3. The number of carbonyl (C=O) groups is 2. The number of ether oxygens (including phenoxy) is 2. The van der Waals surface area contributed by atoms with E-state index in [1.807, 2.05) is 0 Å². The molecule has 0 aromatic carbocycles. The summed E-state index contributed by atoms with van der Waals surface area (Å²) in [7, 11) is 0. The van der Waals surface area contributed by atoms with Crippen LogP contribution >= 0.6 is 0 Å². The quantitative estimate of drug-likeness (QED) is 0.0374. The monoisotopic (exact) mass is 893 g/mol. The number of aliphatic hydroxyl groups excluding tert-OH is 1. The van der Waals surface area contributed by atoms with Gasteiger partial charge in [0.15, 0.2) is 6.10 Å². The average Bonchev–Trinajstić information content (AvgIpc) is 3.30. The lowest BCUT2D eigenvalue weighted by molar-refractivity contribution is -0.161. The molecule has 0 spiro atoms. The van der Waals surface area contributed by atoms with Gasteiger partial charge in [-0.3, -0.25) is 9.59 Å². The van der Waals surface area contributed by atoms with Gasteiger partial charge in [-0.1, -0.05) is 267 Å². The summed E-state index contributed by atoms with van der Waals surface area (Å²) in [5.74, 6) is -0.580. The lowest BCUT2D eigenvalue weighted by atomic mass is 10.0. The van der Waals surface area contributed by atoms with Crippen molar-refractivity contribution in [1.29, 1.82) is 0 Å². The molecular formula is C59H104O5. The first kappa shape index (κ1) is 61.3. The maximum atomic E-state index is 12.3. The van der Waals surface area contributed by atoms with Gasteiger partial charge in [0.1, 0.15) is 6.61 Å². The number of rotatable bonds is 50. The first-order valence-electron chi connectivity index (χ1n) is 27.5. The summed E-state index contributed by atoms with van der Waals surface area (Å²) in [5.41, 5.74) is 0. The molecule has 0 aromatic rings. The van der Waals surface area contributed by atoms with E-state index in [0.717, 1.165) is 77.0 Å². The first-order chi connectivity index (χ1) is 31.6. The molecule has 64 heavy (non-hydrogen) atoms. The number of hydrogen-bond acceptors (Lipinski definition) is 5. The van der Waals surface area contributed by atoms with Gasteiger partial charge in [0, 0.05) is 12.8 Å². The second-order valence-corrected chi connectivity index (χ2v) is 18.3. The summed E-state index contributed by atoms with van der Waals surface area (Å²) in [6.45, 7) is 4.04. The Morgan fingerprint density at radius 2 is 0.672 bits per heavy atom. The lowest BCUT2D eigenvalue weighted by Crippen LogP contribution is -2.28. The van der Waals surface area contributed by atoms with Crippen molar-refractivity contribution in [3.63, 3.8) is 0 Å². The minimum atomic E-state index is -0.769. The van der Waals surface area contributed by atoms with E-state index in [0.29, 0.717) is 12.8 Å². The van der Waals surface area contributed by atoms with E-state index < -0.39 is 6.10 Å². The van der Waals surface area contributed by atoms with E-state index in [2.05, 4.69) is 86.8 Å². The van der Waals surface area contributed by atoms with Crippen LogP contribution in [-0.2, 0) is 19.1 Å². The zero-order valence-electron chi connectivity index (χ0n) is 42.3. The molecule has 5 heteroatoms. The molecule has 0 fully saturated rings. The Bertz CT molecular complexity index is 1150. The number of esters is 2. The fraction of sp³-hybridized carbons (Fsp3) is 0.763. The zero-order valence-corrected chi connectivity index (χ0v) is 42.3. The summed E-state index contributed by atoms with van der Waals surface area (Å²) in [6.07, 6.45) is 74.5. The van der Waals surface area contributed by atoms with Crippen molar-refractivity contribution >= 4 is 11.9 Å². The van der Waals surface area contributed by atoms with Crippen molar-refractivity contribution in [2.75, 3.05) is 13.2 Å². The third kappa shape index (κ3) is 52.0. The number of carbonyl (C=O) groups excluding carboxylic acids is 2. The van der Waals surface area contributed by atoms with Crippen LogP contribution in [0.4, 0.5) is 0 Å². The normalized spacial score (nSPS) is 12.7. The largest absolute Gasteiger partial charge is 0.462 e. The van der Waals surface area contributed by atoms with Gasteiger partial charge in [-0.25, -0.2) is 0 Å². The van der Waals surface area contributed by atoms with Crippen LogP contribution in [0.1, 0.15) is 271 Å². The van der Waals surface area contributed by atoms with Gasteiger partial charge in [0.25, 0.3) is 0 Å². The summed E-state index contributed by atoms with van der Waals surface area (Å²) < 4.78 is 10.7. The SMILES string of the molecule is CC/C=C\C/C=C\C/C=C\C/C=C\C/C=C\C/C=C\CCCCCCCCCCCCCCCCCCCCC(=O)OC(CO)COC(=O)CCCCCCCCCCCCCCC. The molecule has 1 unspecified atom stereocenters. The van der Waals surface area contributed by atoms with Crippen molar-refractivity contribution < 1.29 is 24.2 Å². The van der Waals surface area contributed by atoms with Gasteiger partial charge in [-0.2, -0.15) is 0 Å². The van der Waals surface area contributed by atoms with Crippen LogP contribution in [0.15, 0.2) is 72.9 Å². The molecule has 1 atom stereocenters. The third-order valence-corrected chi connectivity index (χ3v) is 12.0. The fourth-order valence-corrected chi connectivity index (χ4v) is 7.91. The standard InChI is InChI=1S/C59H104O5/c1-3-5-7-9-11-13-15-17-18-19-20-21-22-23-24-25-26-27-28-29-30-31-32-33-34-35-36-37-38-39-40-42-44-46-48-50-52-54-59(62)64-57(55-60)56-63-58(61)53-51-49-47-45-43-41-16-14-12-10-8-6-4-2/h5,7,11,13,17-18,20-21,23-24,26-27,57,60H,3-4,6,8-10,12,14-16,19,22,25,28-56H2,1-2H3/b7-5-,13-11-,18-17-,21-20-,24-23-,27-26-. The van der Waals surface area contributed by atoms with Crippen molar-refractivity contribution in [3.8, 4) is 0 Å².